The largest absolute Gasteiger partial charge is 0.392 e. The quantitative estimate of drug-likeness (QED) is 0.839. The lowest BCUT2D eigenvalue weighted by molar-refractivity contribution is 0.119. The minimum absolute atomic E-state index is 0.0226. The highest BCUT2D eigenvalue weighted by Crippen LogP contribution is 2.31. The highest BCUT2D eigenvalue weighted by molar-refractivity contribution is 5.52. The van der Waals surface area contributed by atoms with Crippen molar-refractivity contribution in [3.63, 3.8) is 0 Å². The van der Waals surface area contributed by atoms with Gasteiger partial charge in [0, 0.05) is 18.0 Å². The Bertz CT molecular complexity index is 526. The fourth-order valence-corrected chi connectivity index (χ4v) is 2.58. The molecule has 0 amide bonds. The molecule has 0 aromatic carbocycles. The summed E-state index contributed by atoms with van der Waals surface area (Å²) in [6.45, 7) is 0. The second kappa shape index (κ2) is 5.48. The van der Waals surface area contributed by atoms with Gasteiger partial charge in [0.2, 0.25) is 11.7 Å². The predicted octanol–water partition coefficient (Wildman–Crippen LogP) is 2.54. The average Bonchev–Trinajstić information content (AvgIpc) is 2.83. The van der Waals surface area contributed by atoms with Gasteiger partial charge in [-0.2, -0.15) is 4.98 Å². The Balaban J connectivity index is 1.84. The van der Waals surface area contributed by atoms with Gasteiger partial charge in [0.25, 0.3) is 0 Å². The van der Waals surface area contributed by atoms with Gasteiger partial charge in [0.1, 0.15) is 0 Å². The Morgan fingerprint density at radius 1 is 1.11 bits per heavy atom. The summed E-state index contributed by atoms with van der Waals surface area (Å²) in [6, 6.07) is 3.69. The van der Waals surface area contributed by atoms with Crippen molar-refractivity contribution in [3.8, 4) is 11.4 Å². The topological polar surface area (TPSA) is 72.0 Å². The fourth-order valence-electron chi connectivity index (χ4n) is 2.58. The minimum Gasteiger partial charge on any atom is -0.392 e. The van der Waals surface area contributed by atoms with Crippen molar-refractivity contribution in [2.45, 2.75) is 44.1 Å². The molecule has 2 unspecified atom stereocenters. The summed E-state index contributed by atoms with van der Waals surface area (Å²) in [6.07, 6.45) is 8.11. The first kappa shape index (κ1) is 12.3. The van der Waals surface area contributed by atoms with E-state index in [1.54, 1.807) is 12.4 Å². The Kier molecular flexibility index (Phi) is 3.55. The van der Waals surface area contributed by atoms with Crippen molar-refractivity contribution in [2.75, 3.05) is 0 Å². The van der Waals surface area contributed by atoms with Crippen molar-refractivity contribution in [2.24, 2.45) is 0 Å². The first-order valence-corrected chi connectivity index (χ1v) is 6.76. The molecule has 0 saturated heterocycles. The van der Waals surface area contributed by atoms with Crippen molar-refractivity contribution in [1.82, 2.24) is 15.1 Å². The molecule has 2 aromatic heterocycles. The average molecular weight is 259 g/mol. The van der Waals surface area contributed by atoms with Gasteiger partial charge in [-0.1, -0.05) is 24.4 Å². The molecule has 5 heteroatoms. The summed E-state index contributed by atoms with van der Waals surface area (Å²) < 4.78 is 5.34. The Morgan fingerprint density at radius 2 is 1.89 bits per heavy atom. The molecule has 0 radical (unpaired) electrons. The second-order valence-corrected chi connectivity index (χ2v) is 5.00. The van der Waals surface area contributed by atoms with E-state index in [0.717, 1.165) is 31.2 Å². The molecule has 1 aliphatic carbocycles. The van der Waals surface area contributed by atoms with Crippen LogP contribution < -0.4 is 0 Å². The van der Waals surface area contributed by atoms with Crippen molar-refractivity contribution >= 4 is 0 Å². The summed E-state index contributed by atoms with van der Waals surface area (Å²) in [5.41, 5.74) is 0.883. The zero-order valence-corrected chi connectivity index (χ0v) is 10.7. The van der Waals surface area contributed by atoms with Crippen LogP contribution in [-0.4, -0.2) is 26.3 Å². The Labute approximate surface area is 111 Å². The van der Waals surface area contributed by atoms with Crippen molar-refractivity contribution in [3.05, 3.63) is 30.4 Å². The van der Waals surface area contributed by atoms with Crippen LogP contribution in [0, 0.1) is 0 Å². The monoisotopic (exact) mass is 259 g/mol. The summed E-state index contributed by atoms with van der Waals surface area (Å²) in [7, 11) is 0. The van der Waals surface area contributed by atoms with E-state index in [1.165, 1.54) is 6.42 Å². The van der Waals surface area contributed by atoms with E-state index in [9.17, 15) is 5.11 Å². The zero-order valence-electron chi connectivity index (χ0n) is 10.7. The minimum atomic E-state index is -0.367. The Hall–Kier alpha value is -1.75. The summed E-state index contributed by atoms with van der Waals surface area (Å²) in [5, 5.41) is 14.1. The molecular weight excluding hydrogens is 242 g/mol. The molecule has 1 saturated carbocycles. The number of hydrogen-bond donors (Lipinski definition) is 1. The van der Waals surface area contributed by atoms with E-state index in [0.29, 0.717) is 11.7 Å². The molecule has 2 aromatic rings. The molecular formula is C14H17N3O2. The van der Waals surface area contributed by atoms with Crippen molar-refractivity contribution in [1.29, 1.82) is 0 Å². The van der Waals surface area contributed by atoms with Crippen LogP contribution >= 0.6 is 0 Å². The predicted molar refractivity (Wildman–Crippen MR) is 69.4 cm³/mol. The molecule has 3 rings (SSSR count). The van der Waals surface area contributed by atoms with Crippen LogP contribution in [-0.2, 0) is 0 Å². The molecule has 19 heavy (non-hydrogen) atoms. The lowest BCUT2D eigenvalue weighted by Crippen LogP contribution is -2.17. The lowest BCUT2D eigenvalue weighted by Gasteiger charge is -2.15. The molecule has 0 bridgehead atoms. The van der Waals surface area contributed by atoms with Gasteiger partial charge in [-0.25, -0.2) is 0 Å². The molecule has 2 heterocycles. The van der Waals surface area contributed by atoms with Crippen molar-refractivity contribution < 1.29 is 9.63 Å². The molecule has 0 spiro atoms. The van der Waals surface area contributed by atoms with E-state index >= 15 is 0 Å². The number of aromatic nitrogens is 3. The first-order valence-electron chi connectivity index (χ1n) is 6.76. The van der Waals surface area contributed by atoms with Crippen LogP contribution in [0.25, 0.3) is 11.4 Å². The Morgan fingerprint density at radius 3 is 2.74 bits per heavy atom. The highest BCUT2D eigenvalue weighted by atomic mass is 16.5. The third-order valence-electron chi connectivity index (χ3n) is 3.68. The molecule has 100 valence electrons. The van der Waals surface area contributed by atoms with Gasteiger partial charge >= 0.3 is 0 Å². The molecule has 5 nitrogen and oxygen atoms in total. The van der Waals surface area contributed by atoms with E-state index in [-0.39, 0.29) is 12.0 Å². The summed E-state index contributed by atoms with van der Waals surface area (Å²) in [5.74, 6) is 1.10. The van der Waals surface area contributed by atoms with E-state index in [1.807, 2.05) is 12.1 Å². The van der Waals surface area contributed by atoms with Crippen LogP contribution in [0.4, 0.5) is 0 Å². The maximum Gasteiger partial charge on any atom is 0.232 e. The SMILES string of the molecule is OC1CCCCCC1c1nc(-c2ccncc2)no1. The number of aliphatic hydroxyl groups is 1. The van der Waals surface area contributed by atoms with Gasteiger partial charge in [-0.05, 0) is 25.0 Å². The molecule has 1 aliphatic rings. The summed E-state index contributed by atoms with van der Waals surface area (Å²) in [4.78, 5) is 8.40. The molecule has 0 aliphatic heterocycles. The van der Waals surface area contributed by atoms with Crippen LogP contribution in [0.1, 0.15) is 43.9 Å². The third-order valence-corrected chi connectivity index (χ3v) is 3.68. The maximum absolute atomic E-state index is 10.1. The number of rotatable bonds is 2. The van der Waals surface area contributed by atoms with E-state index in [4.69, 9.17) is 4.52 Å². The first-order chi connectivity index (χ1) is 9.34. The lowest BCUT2D eigenvalue weighted by atomic mass is 9.97. The van der Waals surface area contributed by atoms with Gasteiger partial charge in [-0.3, -0.25) is 4.98 Å². The highest BCUT2D eigenvalue weighted by Gasteiger charge is 2.28. The standard InChI is InChI=1S/C14H17N3O2/c18-12-5-3-1-2-4-11(12)14-16-13(17-19-14)10-6-8-15-9-7-10/h6-9,11-12,18H,1-5H2. The summed E-state index contributed by atoms with van der Waals surface area (Å²) >= 11 is 0. The zero-order chi connectivity index (χ0) is 13.1. The molecule has 1 fully saturated rings. The van der Waals surface area contributed by atoms with Gasteiger partial charge in [0.05, 0.1) is 12.0 Å². The fraction of sp³-hybridized carbons (Fsp3) is 0.500. The van der Waals surface area contributed by atoms with Crippen LogP contribution in [0.2, 0.25) is 0 Å². The number of pyridine rings is 1. The van der Waals surface area contributed by atoms with Crippen LogP contribution in [0.15, 0.2) is 29.0 Å². The van der Waals surface area contributed by atoms with Gasteiger partial charge in [0.15, 0.2) is 0 Å². The van der Waals surface area contributed by atoms with E-state index < -0.39 is 0 Å². The smallest absolute Gasteiger partial charge is 0.232 e. The number of hydrogen-bond acceptors (Lipinski definition) is 5. The maximum atomic E-state index is 10.1. The number of nitrogens with zero attached hydrogens (tertiary/aromatic N) is 3. The van der Waals surface area contributed by atoms with Crippen LogP contribution in [0.5, 0.6) is 0 Å². The molecule has 1 N–H and O–H groups in total. The third kappa shape index (κ3) is 2.66. The number of aliphatic hydroxyl groups excluding tert-OH is 1. The van der Waals surface area contributed by atoms with Gasteiger partial charge in [-0.15, -0.1) is 0 Å². The second-order valence-electron chi connectivity index (χ2n) is 5.00. The van der Waals surface area contributed by atoms with E-state index in [2.05, 4.69) is 15.1 Å². The molecule has 2 atom stereocenters. The van der Waals surface area contributed by atoms with Gasteiger partial charge < -0.3 is 9.63 Å². The van der Waals surface area contributed by atoms with Crippen LogP contribution in [0.3, 0.4) is 0 Å². The normalized spacial score (nSPS) is 24.1.